The van der Waals surface area contributed by atoms with Crippen molar-refractivity contribution in [2.24, 2.45) is 0 Å². The molecular weight excluding hydrogens is 278 g/mol. The van der Waals surface area contributed by atoms with E-state index in [-0.39, 0.29) is 6.54 Å². The second kappa shape index (κ2) is 6.91. The van der Waals surface area contributed by atoms with Crippen LogP contribution in [0.5, 0.6) is 0 Å². The van der Waals surface area contributed by atoms with E-state index < -0.39 is 6.43 Å². The first-order valence-corrected chi connectivity index (χ1v) is 6.23. The molecular formula is C11H15BrF2N2. The first-order chi connectivity index (χ1) is 7.61. The van der Waals surface area contributed by atoms with Gasteiger partial charge in [0.2, 0.25) is 0 Å². The van der Waals surface area contributed by atoms with Crippen LogP contribution in [0.25, 0.3) is 0 Å². The van der Waals surface area contributed by atoms with Crippen LogP contribution in [0.4, 0.5) is 8.78 Å². The number of hydrogen-bond acceptors (Lipinski definition) is 2. The van der Waals surface area contributed by atoms with Gasteiger partial charge in [0.15, 0.2) is 0 Å². The van der Waals surface area contributed by atoms with Crippen molar-refractivity contribution < 1.29 is 8.78 Å². The lowest BCUT2D eigenvalue weighted by Crippen LogP contribution is -2.30. The minimum Gasteiger partial charge on any atom is -0.291 e. The SMILES string of the molecule is Cc1cccc(CN(CCBr)CC(F)F)n1. The highest BCUT2D eigenvalue weighted by Crippen LogP contribution is 2.06. The molecule has 0 amide bonds. The van der Waals surface area contributed by atoms with Crippen molar-refractivity contribution in [1.29, 1.82) is 0 Å². The zero-order valence-electron chi connectivity index (χ0n) is 9.17. The zero-order chi connectivity index (χ0) is 12.0. The van der Waals surface area contributed by atoms with E-state index in [4.69, 9.17) is 0 Å². The average molecular weight is 293 g/mol. The summed E-state index contributed by atoms with van der Waals surface area (Å²) in [7, 11) is 0. The molecule has 0 aromatic carbocycles. The smallest absolute Gasteiger partial charge is 0.251 e. The minimum atomic E-state index is -2.30. The van der Waals surface area contributed by atoms with Gasteiger partial charge in [-0.05, 0) is 19.1 Å². The number of aromatic nitrogens is 1. The van der Waals surface area contributed by atoms with Gasteiger partial charge in [0.1, 0.15) is 0 Å². The van der Waals surface area contributed by atoms with E-state index in [2.05, 4.69) is 20.9 Å². The molecule has 16 heavy (non-hydrogen) atoms. The molecule has 2 nitrogen and oxygen atoms in total. The topological polar surface area (TPSA) is 16.1 Å². The molecule has 0 radical (unpaired) electrons. The maximum Gasteiger partial charge on any atom is 0.251 e. The van der Waals surface area contributed by atoms with Gasteiger partial charge in [-0.3, -0.25) is 9.88 Å². The second-order valence-electron chi connectivity index (χ2n) is 3.59. The third-order valence-corrected chi connectivity index (χ3v) is 2.48. The molecule has 0 fully saturated rings. The number of aryl methyl sites for hydroxylation is 1. The van der Waals surface area contributed by atoms with Crippen LogP contribution in [0.15, 0.2) is 18.2 Å². The number of hydrogen-bond donors (Lipinski definition) is 0. The van der Waals surface area contributed by atoms with E-state index in [1.54, 1.807) is 4.90 Å². The molecule has 0 bridgehead atoms. The summed E-state index contributed by atoms with van der Waals surface area (Å²) in [6.07, 6.45) is -2.30. The van der Waals surface area contributed by atoms with Gasteiger partial charge in [0.05, 0.1) is 12.2 Å². The Kier molecular flexibility index (Phi) is 5.84. The summed E-state index contributed by atoms with van der Waals surface area (Å²) in [6, 6.07) is 5.65. The molecule has 0 aliphatic carbocycles. The molecule has 1 aromatic rings. The van der Waals surface area contributed by atoms with Crippen molar-refractivity contribution in [1.82, 2.24) is 9.88 Å². The quantitative estimate of drug-likeness (QED) is 0.750. The Balaban J connectivity index is 2.60. The summed E-state index contributed by atoms with van der Waals surface area (Å²) in [6.45, 7) is 2.75. The summed E-state index contributed by atoms with van der Waals surface area (Å²) in [5.74, 6) is 0. The molecule has 0 spiro atoms. The van der Waals surface area contributed by atoms with E-state index >= 15 is 0 Å². The lowest BCUT2D eigenvalue weighted by atomic mass is 10.3. The van der Waals surface area contributed by atoms with E-state index in [0.717, 1.165) is 11.4 Å². The molecule has 90 valence electrons. The first-order valence-electron chi connectivity index (χ1n) is 5.11. The Bertz CT molecular complexity index is 321. The Hall–Kier alpha value is -0.550. The summed E-state index contributed by atoms with van der Waals surface area (Å²) >= 11 is 3.26. The predicted molar refractivity (Wildman–Crippen MR) is 64.0 cm³/mol. The molecule has 0 aliphatic rings. The second-order valence-corrected chi connectivity index (χ2v) is 4.38. The minimum absolute atomic E-state index is 0.207. The monoisotopic (exact) mass is 292 g/mol. The molecule has 0 atom stereocenters. The lowest BCUT2D eigenvalue weighted by Gasteiger charge is -2.20. The maximum absolute atomic E-state index is 12.3. The summed E-state index contributed by atoms with van der Waals surface area (Å²) in [5.41, 5.74) is 1.75. The number of rotatable bonds is 6. The van der Waals surface area contributed by atoms with Crippen LogP contribution in [0.1, 0.15) is 11.4 Å². The van der Waals surface area contributed by atoms with Gasteiger partial charge < -0.3 is 0 Å². The molecule has 5 heteroatoms. The van der Waals surface area contributed by atoms with E-state index in [1.807, 2.05) is 25.1 Å². The normalized spacial score (nSPS) is 11.4. The molecule has 1 aromatic heterocycles. The van der Waals surface area contributed by atoms with Crippen LogP contribution in [-0.2, 0) is 6.54 Å². The van der Waals surface area contributed by atoms with Crippen LogP contribution < -0.4 is 0 Å². The lowest BCUT2D eigenvalue weighted by molar-refractivity contribution is 0.0875. The number of alkyl halides is 3. The molecule has 0 N–H and O–H groups in total. The van der Waals surface area contributed by atoms with Crippen molar-refractivity contribution >= 4 is 15.9 Å². The van der Waals surface area contributed by atoms with Crippen LogP contribution in [-0.4, -0.2) is 34.7 Å². The van der Waals surface area contributed by atoms with Gasteiger partial charge in [0, 0.05) is 24.1 Å². The Morgan fingerprint density at radius 1 is 1.44 bits per heavy atom. The predicted octanol–water partition coefficient (Wildman–Crippen LogP) is 2.85. The van der Waals surface area contributed by atoms with Gasteiger partial charge in [-0.25, -0.2) is 8.78 Å². The van der Waals surface area contributed by atoms with Crippen LogP contribution in [0.2, 0.25) is 0 Å². The van der Waals surface area contributed by atoms with Crippen LogP contribution in [0.3, 0.4) is 0 Å². The zero-order valence-corrected chi connectivity index (χ0v) is 10.8. The highest BCUT2D eigenvalue weighted by atomic mass is 79.9. The third-order valence-electron chi connectivity index (χ3n) is 2.13. The first kappa shape index (κ1) is 13.5. The number of halogens is 3. The molecule has 0 aliphatic heterocycles. The molecule has 0 unspecified atom stereocenters. The van der Waals surface area contributed by atoms with Crippen molar-refractivity contribution in [3.05, 3.63) is 29.6 Å². The summed E-state index contributed by atoms with van der Waals surface area (Å²) in [5, 5.41) is 0.686. The Labute approximate surface area is 103 Å². The third kappa shape index (κ3) is 4.99. The van der Waals surface area contributed by atoms with E-state index in [9.17, 15) is 8.78 Å². The highest BCUT2D eigenvalue weighted by Gasteiger charge is 2.12. The van der Waals surface area contributed by atoms with E-state index in [0.29, 0.717) is 18.4 Å². The van der Waals surface area contributed by atoms with Gasteiger partial charge in [-0.1, -0.05) is 22.0 Å². The molecule has 1 heterocycles. The maximum atomic E-state index is 12.3. The molecule has 0 saturated carbocycles. The van der Waals surface area contributed by atoms with E-state index in [1.165, 1.54) is 0 Å². The highest BCUT2D eigenvalue weighted by molar-refractivity contribution is 9.09. The van der Waals surface area contributed by atoms with Gasteiger partial charge in [-0.15, -0.1) is 0 Å². The Morgan fingerprint density at radius 2 is 2.19 bits per heavy atom. The van der Waals surface area contributed by atoms with Crippen molar-refractivity contribution in [2.75, 3.05) is 18.4 Å². The van der Waals surface area contributed by atoms with Crippen molar-refractivity contribution in [3.63, 3.8) is 0 Å². The summed E-state index contributed by atoms with van der Waals surface area (Å²) < 4.78 is 24.6. The fraction of sp³-hybridized carbons (Fsp3) is 0.545. The number of nitrogens with zero attached hydrogens (tertiary/aromatic N) is 2. The summed E-state index contributed by atoms with van der Waals surface area (Å²) in [4.78, 5) is 6.00. The van der Waals surface area contributed by atoms with Gasteiger partial charge in [0.25, 0.3) is 6.43 Å². The average Bonchev–Trinajstić information content (AvgIpc) is 2.16. The van der Waals surface area contributed by atoms with Gasteiger partial charge in [-0.2, -0.15) is 0 Å². The van der Waals surface area contributed by atoms with Crippen LogP contribution in [0, 0.1) is 6.92 Å². The molecule has 0 saturated heterocycles. The van der Waals surface area contributed by atoms with Gasteiger partial charge >= 0.3 is 0 Å². The van der Waals surface area contributed by atoms with Crippen LogP contribution >= 0.6 is 15.9 Å². The fourth-order valence-electron chi connectivity index (χ4n) is 1.47. The largest absolute Gasteiger partial charge is 0.291 e. The fourth-order valence-corrected chi connectivity index (χ4v) is 1.97. The standard InChI is InChI=1S/C11H15BrF2N2/c1-9-3-2-4-10(15-9)7-16(6-5-12)8-11(13)14/h2-4,11H,5-8H2,1H3. The Morgan fingerprint density at radius 3 is 2.75 bits per heavy atom. The van der Waals surface area contributed by atoms with Crippen molar-refractivity contribution in [3.8, 4) is 0 Å². The van der Waals surface area contributed by atoms with Crippen molar-refractivity contribution in [2.45, 2.75) is 19.9 Å². The molecule has 1 rings (SSSR count). The number of pyridine rings is 1.